The third kappa shape index (κ3) is 3.68. The number of fused-ring (bicyclic) bond motifs is 1. The second-order valence-electron chi connectivity index (χ2n) is 6.54. The first-order valence-electron chi connectivity index (χ1n) is 8.80. The molecule has 3 heterocycles. The van der Waals surface area contributed by atoms with Crippen molar-refractivity contribution in [1.82, 2.24) is 19.5 Å². The van der Waals surface area contributed by atoms with E-state index in [2.05, 4.69) is 25.3 Å². The highest BCUT2D eigenvalue weighted by atomic mass is 19.3. The van der Waals surface area contributed by atoms with Gasteiger partial charge in [0, 0.05) is 18.1 Å². The molecule has 29 heavy (non-hydrogen) atoms. The van der Waals surface area contributed by atoms with Crippen molar-refractivity contribution < 1.29 is 13.6 Å². The van der Waals surface area contributed by atoms with Crippen molar-refractivity contribution >= 4 is 17.4 Å². The van der Waals surface area contributed by atoms with Gasteiger partial charge in [-0.25, -0.2) is 23.7 Å². The van der Waals surface area contributed by atoms with Crippen LogP contribution in [0, 0.1) is 6.92 Å². The van der Waals surface area contributed by atoms with Gasteiger partial charge in [-0.3, -0.25) is 9.79 Å². The molecule has 4 rings (SSSR count). The molecule has 2 aromatic heterocycles. The van der Waals surface area contributed by atoms with Crippen LogP contribution in [0.4, 0.5) is 14.5 Å². The summed E-state index contributed by atoms with van der Waals surface area (Å²) in [6.07, 6.45) is 1.67. The average Bonchev–Trinajstić information content (AvgIpc) is 3.17. The van der Waals surface area contributed by atoms with Crippen LogP contribution in [0.5, 0.6) is 0 Å². The van der Waals surface area contributed by atoms with Crippen LogP contribution in [0.25, 0.3) is 0 Å². The molecule has 0 fully saturated rings. The fourth-order valence-electron chi connectivity index (χ4n) is 3.16. The predicted octanol–water partition coefficient (Wildman–Crippen LogP) is 2.63. The number of nitrogens with zero attached hydrogens (tertiary/aromatic N) is 5. The normalized spacial score (nSPS) is 15.7. The van der Waals surface area contributed by atoms with E-state index in [0.29, 0.717) is 23.9 Å². The quantitative estimate of drug-likeness (QED) is 0.703. The lowest BCUT2D eigenvalue weighted by Gasteiger charge is -2.21. The number of halogens is 2. The number of carbonyl (C=O) groups excluding carboxylic acids is 1. The summed E-state index contributed by atoms with van der Waals surface area (Å²) in [5.41, 5.74) is 7.04. The summed E-state index contributed by atoms with van der Waals surface area (Å²) in [5, 5.41) is 2.72. The van der Waals surface area contributed by atoms with Gasteiger partial charge >= 0.3 is 0 Å². The molecule has 0 saturated heterocycles. The largest absolute Gasteiger partial charge is 0.381 e. The first kappa shape index (κ1) is 18.7. The van der Waals surface area contributed by atoms with E-state index < -0.39 is 18.0 Å². The number of nitrogens with two attached hydrogens (primary N) is 1. The Morgan fingerprint density at radius 2 is 2.17 bits per heavy atom. The molecule has 0 aliphatic carbocycles. The number of amides is 1. The third-order valence-corrected chi connectivity index (χ3v) is 4.54. The molecule has 0 bridgehead atoms. The van der Waals surface area contributed by atoms with E-state index >= 15 is 0 Å². The Morgan fingerprint density at radius 3 is 2.93 bits per heavy atom. The summed E-state index contributed by atoms with van der Waals surface area (Å²) in [6.45, 7) is 2.04. The minimum Gasteiger partial charge on any atom is -0.381 e. The average molecular weight is 397 g/mol. The molecule has 148 valence electrons. The monoisotopic (exact) mass is 397 g/mol. The Balaban J connectivity index is 1.54. The number of hydrogen-bond acceptors (Lipinski definition) is 6. The number of nitrogens with one attached hydrogen (secondary N) is 1. The zero-order valence-corrected chi connectivity index (χ0v) is 15.4. The molecule has 3 N–H and O–H groups in total. The Labute approximate surface area is 164 Å². The Kier molecular flexibility index (Phi) is 4.75. The summed E-state index contributed by atoms with van der Waals surface area (Å²) in [5.74, 6) is 0.453. The lowest BCUT2D eigenvalue weighted by atomic mass is 10.1. The number of benzene rings is 1. The molecule has 1 amide bonds. The SMILES string of the molecule is Cc1nc(C(F)F)cnc1C(=O)Nc1cccc(C2Cn3ccnc3C(N)=N2)c1. The first-order chi connectivity index (χ1) is 13.9. The van der Waals surface area contributed by atoms with Gasteiger partial charge in [0.25, 0.3) is 12.3 Å². The van der Waals surface area contributed by atoms with Crippen molar-refractivity contribution in [2.24, 2.45) is 10.7 Å². The molecule has 1 unspecified atom stereocenters. The maximum atomic E-state index is 12.7. The zero-order valence-electron chi connectivity index (χ0n) is 15.4. The van der Waals surface area contributed by atoms with E-state index in [9.17, 15) is 13.6 Å². The predicted molar refractivity (Wildman–Crippen MR) is 102 cm³/mol. The van der Waals surface area contributed by atoms with E-state index in [1.165, 1.54) is 6.92 Å². The van der Waals surface area contributed by atoms with Crippen LogP contribution < -0.4 is 11.1 Å². The number of carbonyl (C=O) groups is 1. The number of aliphatic imine (C=N–C) groups is 1. The maximum Gasteiger partial charge on any atom is 0.281 e. The maximum absolute atomic E-state index is 12.7. The molecule has 10 heteroatoms. The lowest BCUT2D eigenvalue weighted by Crippen LogP contribution is -2.27. The summed E-state index contributed by atoms with van der Waals surface area (Å²) >= 11 is 0. The van der Waals surface area contributed by atoms with Gasteiger partial charge in [-0.1, -0.05) is 12.1 Å². The van der Waals surface area contributed by atoms with Gasteiger partial charge < -0.3 is 15.6 Å². The van der Waals surface area contributed by atoms with Crippen molar-refractivity contribution in [3.05, 3.63) is 71.3 Å². The number of anilines is 1. The molecule has 0 spiro atoms. The van der Waals surface area contributed by atoms with Crippen molar-refractivity contribution in [3.8, 4) is 0 Å². The highest BCUT2D eigenvalue weighted by Crippen LogP contribution is 2.26. The van der Waals surface area contributed by atoms with Crippen molar-refractivity contribution in [1.29, 1.82) is 0 Å². The van der Waals surface area contributed by atoms with Crippen LogP contribution in [-0.2, 0) is 6.54 Å². The molecule has 1 atom stereocenters. The minimum atomic E-state index is -2.74. The van der Waals surface area contributed by atoms with Crippen LogP contribution in [0.2, 0.25) is 0 Å². The molecule has 8 nitrogen and oxygen atoms in total. The first-order valence-corrected chi connectivity index (χ1v) is 8.80. The van der Waals surface area contributed by atoms with Gasteiger partial charge in [0.1, 0.15) is 11.4 Å². The standard InChI is InChI=1S/C19H17F2N7O/c1-10-15(24-8-13(25-10)16(20)21)19(29)26-12-4-2-3-11(7-12)14-9-28-6-5-23-18(28)17(22)27-14/h2-8,14,16H,9H2,1H3,(H2,22,27)(H,26,29). The number of amidine groups is 1. The Morgan fingerprint density at radius 1 is 1.34 bits per heavy atom. The molecule has 1 aromatic carbocycles. The van der Waals surface area contributed by atoms with E-state index in [4.69, 9.17) is 5.73 Å². The van der Waals surface area contributed by atoms with Crippen molar-refractivity contribution in [2.75, 3.05) is 5.32 Å². The lowest BCUT2D eigenvalue weighted by molar-refractivity contribution is 0.101. The fourth-order valence-corrected chi connectivity index (χ4v) is 3.16. The molecule has 3 aromatic rings. The van der Waals surface area contributed by atoms with Crippen LogP contribution >= 0.6 is 0 Å². The molecule has 0 saturated carbocycles. The molecular formula is C19H17F2N7O. The van der Waals surface area contributed by atoms with Crippen LogP contribution in [0.15, 0.2) is 47.8 Å². The number of rotatable bonds is 4. The highest BCUT2D eigenvalue weighted by Gasteiger charge is 2.22. The molecule has 0 radical (unpaired) electrons. The van der Waals surface area contributed by atoms with Gasteiger partial charge in [-0.15, -0.1) is 0 Å². The number of imidazole rings is 1. The van der Waals surface area contributed by atoms with Crippen LogP contribution in [0.1, 0.15) is 45.7 Å². The smallest absolute Gasteiger partial charge is 0.281 e. The number of aromatic nitrogens is 4. The van der Waals surface area contributed by atoms with E-state index in [0.717, 1.165) is 11.8 Å². The van der Waals surface area contributed by atoms with E-state index in [1.54, 1.807) is 24.4 Å². The van der Waals surface area contributed by atoms with Gasteiger partial charge in [-0.2, -0.15) is 0 Å². The number of hydrogen-bond donors (Lipinski definition) is 2. The number of alkyl halides is 2. The van der Waals surface area contributed by atoms with Gasteiger partial charge in [-0.05, 0) is 24.6 Å². The third-order valence-electron chi connectivity index (χ3n) is 4.54. The topological polar surface area (TPSA) is 111 Å². The summed E-state index contributed by atoms with van der Waals surface area (Å²) in [4.78, 5) is 28.8. The second kappa shape index (κ2) is 7.38. The highest BCUT2D eigenvalue weighted by molar-refractivity contribution is 6.03. The second-order valence-corrected chi connectivity index (χ2v) is 6.54. The van der Waals surface area contributed by atoms with Crippen molar-refractivity contribution in [2.45, 2.75) is 25.9 Å². The Hall–Kier alpha value is -3.69. The van der Waals surface area contributed by atoms with Gasteiger partial charge in [0.2, 0.25) is 0 Å². The van der Waals surface area contributed by atoms with E-state index in [-0.39, 0.29) is 17.4 Å². The molecular weight excluding hydrogens is 380 g/mol. The minimum absolute atomic E-state index is 0.0113. The fraction of sp³-hybridized carbons (Fsp3) is 0.211. The molecule has 1 aliphatic rings. The molecule has 1 aliphatic heterocycles. The Bertz CT molecular complexity index is 1110. The van der Waals surface area contributed by atoms with Crippen LogP contribution in [-0.4, -0.2) is 31.3 Å². The number of aryl methyl sites for hydroxylation is 1. The summed E-state index contributed by atoms with van der Waals surface area (Å²) in [7, 11) is 0. The zero-order chi connectivity index (χ0) is 20.5. The van der Waals surface area contributed by atoms with Gasteiger partial charge in [0.15, 0.2) is 11.7 Å². The van der Waals surface area contributed by atoms with Gasteiger partial charge in [0.05, 0.1) is 24.5 Å². The van der Waals surface area contributed by atoms with E-state index in [1.807, 2.05) is 16.8 Å². The van der Waals surface area contributed by atoms with Crippen molar-refractivity contribution in [3.63, 3.8) is 0 Å². The van der Waals surface area contributed by atoms with Crippen LogP contribution in [0.3, 0.4) is 0 Å². The summed E-state index contributed by atoms with van der Waals surface area (Å²) in [6, 6.07) is 6.97. The summed E-state index contributed by atoms with van der Waals surface area (Å²) < 4.78 is 27.4.